The van der Waals surface area contributed by atoms with E-state index >= 15 is 0 Å². The van der Waals surface area contributed by atoms with Crippen molar-refractivity contribution in [2.24, 2.45) is 5.92 Å². The van der Waals surface area contributed by atoms with Gasteiger partial charge in [0.05, 0.1) is 27.0 Å². The Morgan fingerprint density at radius 3 is 2.39 bits per heavy atom. The Morgan fingerprint density at radius 2 is 1.71 bits per heavy atom. The Hall–Kier alpha value is -2.90. The first kappa shape index (κ1) is 28.2. The maximum atomic E-state index is 13.1. The third kappa shape index (κ3) is 5.16. The topological polar surface area (TPSA) is 67.7 Å². The van der Waals surface area contributed by atoms with E-state index in [-0.39, 0.29) is 17.1 Å². The molecule has 1 amide bonds. The molecule has 8 heteroatoms. The Bertz CT molecular complexity index is 1540. The van der Waals surface area contributed by atoms with Crippen LogP contribution in [0.4, 0.5) is 4.79 Å². The molecule has 3 aliphatic heterocycles. The van der Waals surface area contributed by atoms with Crippen LogP contribution in [0.25, 0.3) is 16.6 Å². The smallest absolute Gasteiger partial charge is 0.410 e. The third-order valence-electron chi connectivity index (χ3n) is 9.18. The van der Waals surface area contributed by atoms with Crippen molar-refractivity contribution in [3.05, 3.63) is 68.7 Å². The van der Waals surface area contributed by atoms with Gasteiger partial charge in [0.25, 0.3) is 5.56 Å². The number of ether oxygens (including phenoxy) is 1. The first-order valence-electron chi connectivity index (χ1n) is 15.0. The van der Waals surface area contributed by atoms with Gasteiger partial charge < -0.3 is 14.5 Å². The van der Waals surface area contributed by atoms with E-state index in [2.05, 4.69) is 46.5 Å². The van der Waals surface area contributed by atoms with E-state index in [1.54, 1.807) is 6.07 Å². The number of aromatic nitrogens is 2. The number of carbonyl (C=O) groups is 1. The van der Waals surface area contributed by atoms with E-state index in [0.717, 1.165) is 75.4 Å². The zero-order valence-corrected chi connectivity index (χ0v) is 25.6. The zero-order valence-electron chi connectivity index (χ0n) is 24.9. The molecule has 4 heterocycles. The molecular weight excluding hydrogens is 536 g/mol. The van der Waals surface area contributed by atoms with Crippen molar-refractivity contribution in [1.29, 1.82) is 0 Å². The molecule has 7 nitrogen and oxygen atoms in total. The summed E-state index contributed by atoms with van der Waals surface area (Å²) in [7, 11) is 0. The van der Waals surface area contributed by atoms with Gasteiger partial charge in [0, 0.05) is 19.6 Å². The van der Waals surface area contributed by atoms with Gasteiger partial charge in [-0.05, 0) is 115 Å². The first-order valence-corrected chi connectivity index (χ1v) is 15.4. The number of amides is 1. The highest BCUT2D eigenvalue weighted by atomic mass is 35.5. The van der Waals surface area contributed by atoms with E-state index in [0.29, 0.717) is 22.2 Å². The normalized spacial score (nSPS) is 19.8. The zero-order chi connectivity index (χ0) is 29.1. The molecule has 0 saturated carbocycles. The fourth-order valence-electron chi connectivity index (χ4n) is 7.18. The molecule has 0 N–H and O–H groups in total. The van der Waals surface area contributed by atoms with Crippen molar-refractivity contribution in [3.8, 4) is 5.69 Å². The molecular formula is C33H41ClN4O3. The summed E-state index contributed by atoms with van der Waals surface area (Å²) in [6, 6.07) is 12.2. The Morgan fingerprint density at radius 1 is 1.02 bits per heavy atom. The quantitative estimate of drug-likeness (QED) is 0.356. The van der Waals surface area contributed by atoms with E-state index < -0.39 is 5.60 Å². The van der Waals surface area contributed by atoms with Crippen LogP contribution in [0.1, 0.15) is 83.2 Å². The molecule has 1 aromatic heterocycles. The highest BCUT2D eigenvalue weighted by molar-refractivity contribution is 6.35. The monoisotopic (exact) mass is 576 g/mol. The Balaban J connectivity index is 1.16. The lowest BCUT2D eigenvalue weighted by molar-refractivity contribution is 0.0166. The lowest BCUT2D eigenvalue weighted by Crippen LogP contribution is -2.44. The summed E-state index contributed by atoms with van der Waals surface area (Å²) in [6.07, 6.45) is 4.09. The molecule has 218 valence electrons. The van der Waals surface area contributed by atoms with Gasteiger partial charge in [0.2, 0.25) is 0 Å². The van der Waals surface area contributed by atoms with Gasteiger partial charge in [-0.1, -0.05) is 29.8 Å². The van der Waals surface area contributed by atoms with Crippen LogP contribution in [0.5, 0.6) is 0 Å². The molecule has 2 saturated heterocycles. The molecule has 41 heavy (non-hydrogen) atoms. The van der Waals surface area contributed by atoms with Gasteiger partial charge in [0.1, 0.15) is 11.4 Å². The number of hydrogen-bond acceptors (Lipinski definition) is 5. The van der Waals surface area contributed by atoms with Crippen molar-refractivity contribution < 1.29 is 9.53 Å². The predicted molar refractivity (Wildman–Crippen MR) is 163 cm³/mol. The number of likely N-dealkylation sites (tertiary alicyclic amines) is 2. The number of hydrogen-bond donors (Lipinski definition) is 0. The van der Waals surface area contributed by atoms with Crippen LogP contribution in [0.2, 0.25) is 5.02 Å². The van der Waals surface area contributed by atoms with Gasteiger partial charge in [-0.25, -0.2) is 4.79 Å². The van der Waals surface area contributed by atoms with E-state index in [9.17, 15) is 9.59 Å². The second-order valence-electron chi connectivity index (χ2n) is 13.6. The SMILES string of the molecule is CC(C)(C)OC(=O)N1CCC(CN2CCC(c3cccc4c3C(C)(C)c3nc(=O)c5c(Cl)cccc5n3-4)CC2)CC1. The van der Waals surface area contributed by atoms with Gasteiger partial charge in [-0.3, -0.25) is 9.36 Å². The van der Waals surface area contributed by atoms with Crippen LogP contribution in [-0.4, -0.2) is 63.8 Å². The van der Waals surface area contributed by atoms with Gasteiger partial charge in [0.15, 0.2) is 0 Å². The summed E-state index contributed by atoms with van der Waals surface area (Å²) in [4.78, 5) is 34.6. The molecule has 2 fully saturated rings. The molecule has 0 unspecified atom stereocenters. The maximum absolute atomic E-state index is 13.1. The van der Waals surface area contributed by atoms with Crippen LogP contribution in [-0.2, 0) is 10.2 Å². The highest BCUT2D eigenvalue weighted by Crippen LogP contribution is 2.47. The molecule has 0 atom stereocenters. The minimum Gasteiger partial charge on any atom is -0.444 e. The number of benzene rings is 2. The summed E-state index contributed by atoms with van der Waals surface area (Å²) in [6.45, 7) is 14.9. The first-order chi connectivity index (χ1) is 19.4. The number of carbonyl (C=O) groups excluding carboxylic acids is 1. The molecule has 2 aromatic carbocycles. The van der Waals surface area contributed by atoms with Crippen molar-refractivity contribution in [3.63, 3.8) is 0 Å². The largest absolute Gasteiger partial charge is 0.444 e. The maximum Gasteiger partial charge on any atom is 0.410 e. The average Bonchev–Trinajstić information content (AvgIpc) is 3.15. The number of nitrogens with zero attached hydrogens (tertiary/aromatic N) is 4. The molecule has 0 bridgehead atoms. The van der Waals surface area contributed by atoms with Gasteiger partial charge >= 0.3 is 6.09 Å². The van der Waals surface area contributed by atoms with Crippen molar-refractivity contribution in [1.82, 2.24) is 19.4 Å². The summed E-state index contributed by atoms with van der Waals surface area (Å²) in [5.74, 6) is 1.87. The minimum absolute atomic E-state index is 0.187. The van der Waals surface area contributed by atoms with Gasteiger partial charge in [-0.2, -0.15) is 4.98 Å². The number of rotatable bonds is 3. The van der Waals surface area contributed by atoms with Crippen molar-refractivity contribution in [2.45, 2.75) is 77.2 Å². The average molecular weight is 577 g/mol. The van der Waals surface area contributed by atoms with Crippen LogP contribution < -0.4 is 5.56 Å². The molecule has 0 aliphatic carbocycles. The van der Waals surface area contributed by atoms with Crippen LogP contribution >= 0.6 is 11.6 Å². The van der Waals surface area contributed by atoms with Crippen LogP contribution in [0, 0.1) is 5.92 Å². The standard InChI is InChI=1S/C33H41ClN4O3/c1-32(2,3)41-31(40)37-18-12-21(13-19-37)20-36-16-14-22(15-17-36)23-8-6-11-26-28(23)33(4,5)30-35-29(39)27-24(34)9-7-10-25(27)38(26)30/h6-11,21-22H,12-20H2,1-5H3. The number of halogens is 1. The Labute approximate surface area is 247 Å². The molecule has 0 spiro atoms. The summed E-state index contributed by atoms with van der Waals surface area (Å²) in [5, 5.41) is 0.929. The lowest BCUT2D eigenvalue weighted by atomic mass is 9.76. The van der Waals surface area contributed by atoms with Crippen molar-refractivity contribution >= 4 is 28.6 Å². The molecule has 6 rings (SSSR count). The minimum atomic E-state index is -0.454. The van der Waals surface area contributed by atoms with Crippen molar-refractivity contribution in [2.75, 3.05) is 32.7 Å². The predicted octanol–water partition coefficient (Wildman–Crippen LogP) is 6.50. The summed E-state index contributed by atoms with van der Waals surface area (Å²) < 4.78 is 7.72. The van der Waals surface area contributed by atoms with E-state index in [1.807, 2.05) is 37.8 Å². The molecule has 3 aromatic rings. The van der Waals surface area contributed by atoms with Crippen LogP contribution in [0.3, 0.4) is 0 Å². The fraction of sp³-hybridized carbons (Fsp3) is 0.545. The molecule has 3 aliphatic rings. The highest BCUT2D eigenvalue weighted by Gasteiger charge is 2.42. The lowest BCUT2D eigenvalue weighted by Gasteiger charge is -2.38. The van der Waals surface area contributed by atoms with E-state index in [1.165, 1.54) is 11.1 Å². The number of fused-ring (bicyclic) bond motifs is 5. The fourth-order valence-corrected chi connectivity index (χ4v) is 7.43. The second-order valence-corrected chi connectivity index (χ2v) is 14.0. The van der Waals surface area contributed by atoms with Gasteiger partial charge in [-0.15, -0.1) is 0 Å². The van der Waals surface area contributed by atoms with E-state index in [4.69, 9.17) is 16.3 Å². The van der Waals surface area contributed by atoms with Crippen LogP contribution in [0.15, 0.2) is 41.2 Å². The number of piperidine rings is 2. The Kier molecular flexibility index (Phi) is 7.18. The third-order valence-corrected chi connectivity index (χ3v) is 9.49. The molecule has 0 radical (unpaired) electrons. The summed E-state index contributed by atoms with van der Waals surface area (Å²) >= 11 is 6.46. The second kappa shape index (κ2) is 10.4. The summed E-state index contributed by atoms with van der Waals surface area (Å²) in [5.41, 5.74) is 3.50.